The Bertz CT molecular complexity index is 456. The summed E-state index contributed by atoms with van der Waals surface area (Å²) in [6.07, 6.45) is 7.28. The van der Waals surface area contributed by atoms with Crippen molar-refractivity contribution in [1.29, 1.82) is 0 Å². The molecular weight excluding hydrogens is 198 g/mol. The smallest absolute Gasteiger partial charge is 0.0666 e. The average Bonchev–Trinajstić information content (AvgIpc) is 3.03. The molecule has 1 aliphatic rings. The Balaban J connectivity index is 1.93. The van der Waals surface area contributed by atoms with Crippen LogP contribution in [0.4, 0.5) is 5.69 Å². The molecule has 2 heterocycles. The topological polar surface area (TPSA) is 21.1 Å². The van der Waals surface area contributed by atoms with Gasteiger partial charge in [0.05, 0.1) is 5.69 Å². The van der Waals surface area contributed by atoms with Gasteiger partial charge in [-0.05, 0) is 37.1 Å². The predicted molar refractivity (Wildman–Crippen MR) is 64.7 cm³/mol. The van der Waals surface area contributed by atoms with Gasteiger partial charge in [0, 0.05) is 31.2 Å². The van der Waals surface area contributed by atoms with Gasteiger partial charge in [0.2, 0.25) is 0 Å². The maximum Gasteiger partial charge on any atom is 0.0666 e. The fraction of sp³-hybridized carbons (Fsp3) is 0.231. The number of hydrogen-bond acceptors (Lipinski definition) is 2. The zero-order chi connectivity index (χ0) is 10.8. The van der Waals surface area contributed by atoms with Crippen LogP contribution < -0.4 is 4.90 Å². The summed E-state index contributed by atoms with van der Waals surface area (Å²) in [5, 5.41) is 4.24. The van der Waals surface area contributed by atoms with Crippen LogP contribution in [0.5, 0.6) is 0 Å². The maximum absolute atomic E-state index is 4.24. The minimum Gasteiger partial charge on any atom is -0.371 e. The van der Waals surface area contributed by atoms with Crippen molar-refractivity contribution >= 4 is 5.69 Å². The highest BCUT2D eigenvalue weighted by Gasteiger charge is 2.12. The van der Waals surface area contributed by atoms with Gasteiger partial charge in [0.1, 0.15) is 0 Å². The second-order valence-corrected chi connectivity index (χ2v) is 3.99. The van der Waals surface area contributed by atoms with E-state index >= 15 is 0 Å². The molecule has 1 fully saturated rings. The minimum atomic E-state index is 1.06. The highest BCUT2D eigenvalue weighted by molar-refractivity contribution is 5.54. The summed E-state index contributed by atoms with van der Waals surface area (Å²) in [5.74, 6) is 0. The van der Waals surface area contributed by atoms with E-state index < -0.39 is 0 Å². The molecule has 16 heavy (non-hydrogen) atoms. The van der Waals surface area contributed by atoms with Crippen LogP contribution in [0, 0.1) is 6.42 Å². The summed E-state index contributed by atoms with van der Waals surface area (Å²) >= 11 is 0. The zero-order valence-electron chi connectivity index (χ0n) is 9.08. The maximum atomic E-state index is 4.24. The molecule has 3 nitrogen and oxygen atoms in total. The molecule has 1 aromatic carbocycles. The molecule has 1 aromatic heterocycles. The van der Waals surface area contributed by atoms with Crippen LogP contribution in [0.2, 0.25) is 0 Å². The van der Waals surface area contributed by atoms with Crippen LogP contribution in [0.15, 0.2) is 42.7 Å². The molecule has 1 radical (unpaired) electrons. The van der Waals surface area contributed by atoms with E-state index in [9.17, 15) is 0 Å². The molecule has 81 valence electrons. The van der Waals surface area contributed by atoms with E-state index in [0.29, 0.717) is 0 Å². The molecule has 3 rings (SSSR count). The van der Waals surface area contributed by atoms with Crippen molar-refractivity contribution in [2.24, 2.45) is 0 Å². The first-order valence-corrected chi connectivity index (χ1v) is 5.60. The largest absolute Gasteiger partial charge is 0.371 e. The van der Waals surface area contributed by atoms with Crippen molar-refractivity contribution in [1.82, 2.24) is 9.78 Å². The molecular formula is C13H14N3. The van der Waals surface area contributed by atoms with Crippen molar-refractivity contribution in [3.63, 3.8) is 0 Å². The summed E-state index contributed by atoms with van der Waals surface area (Å²) in [4.78, 5) is 2.38. The third-order valence-corrected chi connectivity index (χ3v) is 2.92. The fourth-order valence-electron chi connectivity index (χ4n) is 2.07. The van der Waals surface area contributed by atoms with Gasteiger partial charge in [-0.15, -0.1) is 0 Å². The second-order valence-electron chi connectivity index (χ2n) is 3.99. The van der Waals surface area contributed by atoms with Crippen molar-refractivity contribution in [2.75, 3.05) is 18.0 Å². The Labute approximate surface area is 95.3 Å². The molecule has 0 aliphatic carbocycles. The first-order chi connectivity index (χ1) is 7.93. The highest BCUT2D eigenvalue weighted by Crippen LogP contribution is 2.21. The van der Waals surface area contributed by atoms with E-state index in [2.05, 4.69) is 40.7 Å². The first-order valence-electron chi connectivity index (χ1n) is 5.60. The lowest BCUT2D eigenvalue weighted by atomic mass is 10.2. The van der Waals surface area contributed by atoms with E-state index in [4.69, 9.17) is 0 Å². The third kappa shape index (κ3) is 1.69. The van der Waals surface area contributed by atoms with E-state index in [-0.39, 0.29) is 0 Å². The Kier molecular flexibility index (Phi) is 2.37. The number of benzene rings is 1. The van der Waals surface area contributed by atoms with Crippen LogP contribution >= 0.6 is 0 Å². The van der Waals surface area contributed by atoms with Crippen molar-refractivity contribution in [3.8, 4) is 5.69 Å². The monoisotopic (exact) mass is 212 g/mol. The second kappa shape index (κ2) is 4.00. The lowest BCUT2D eigenvalue weighted by Crippen LogP contribution is -2.17. The highest BCUT2D eigenvalue weighted by atomic mass is 15.3. The van der Waals surface area contributed by atoms with Gasteiger partial charge >= 0.3 is 0 Å². The van der Waals surface area contributed by atoms with E-state index in [0.717, 1.165) is 18.8 Å². The summed E-state index contributed by atoms with van der Waals surface area (Å²) < 4.78 is 1.89. The van der Waals surface area contributed by atoms with Crippen LogP contribution in [-0.2, 0) is 0 Å². The van der Waals surface area contributed by atoms with E-state index in [1.165, 1.54) is 12.1 Å². The van der Waals surface area contributed by atoms with E-state index in [1.807, 2.05) is 16.9 Å². The van der Waals surface area contributed by atoms with Crippen LogP contribution in [0.3, 0.4) is 0 Å². The number of nitrogens with zero attached hydrogens (tertiary/aromatic N) is 3. The van der Waals surface area contributed by atoms with Gasteiger partial charge in [-0.2, -0.15) is 5.10 Å². The molecule has 0 saturated carbocycles. The molecule has 1 aliphatic heterocycles. The molecule has 0 amide bonds. The Morgan fingerprint density at radius 3 is 2.81 bits per heavy atom. The molecule has 0 atom stereocenters. The number of anilines is 1. The van der Waals surface area contributed by atoms with Gasteiger partial charge in [0.15, 0.2) is 0 Å². The molecule has 0 bridgehead atoms. The number of rotatable bonds is 2. The summed E-state index contributed by atoms with van der Waals surface area (Å²) in [6, 6.07) is 10.5. The molecule has 1 saturated heterocycles. The van der Waals surface area contributed by atoms with Gasteiger partial charge in [-0.25, -0.2) is 4.68 Å². The SMILES string of the molecule is [CH]1CCN(c2cccc(-n3cccn3)c2)C1. The quantitative estimate of drug-likeness (QED) is 0.761. The molecule has 0 spiro atoms. The summed E-state index contributed by atoms with van der Waals surface area (Å²) in [5.41, 5.74) is 2.40. The van der Waals surface area contributed by atoms with Gasteiger partial charge < -0.3 is 4.90 Å². The number of aromatic nitrogens is 2. The first kappa shape index (κ1) is 9.46. The fourth-order valence-corrected chi connectivity index (χ4v) is 2.07. The van der Waals surface area contributed by atoms with Crippen LogP contribution in [0.25, 0.3) is 5.69 Å². The molecule has 3 heteroatoms. The molecule has 0 unspecified atom stereocenters. The summed E-state index contributed by atoms with van der Waals surface area (Å²) in [6.45, 7) is 2.19. The lowest BCUT2D eigenvalue weighted by Gasteiger charge is -2.18. The third-order valence-electron chi connectivity index (χ3n) is 2.92. The number of hydrogen-bond donors (Lipinski definition) is 0. The van der Waals surface area contributed by atoms with Gasteiger partial charge in [-0.1, -0.05) is 6.07 Å². The van der Waals surface area contributed by atoms with Crippen molar-refractivity contribution in [3.05, 3.63) is 49.1 Å². The summed E-state index contributed by atoms with van der Waals surface area (Å²) in [7, 11) is 0. The molecule has 0 N–H and O–H groups in total. The Morgan fingerprint density at radius 2 is 2.06 bits per heavy atom. The standard InChI is InChI=1S/C13H14N3/c1-2-9-15(8-1)12-5-3-6-13(11-12)16-10-4-7-14-16/h1,3-7,10-11H,2,8-9H2. The average molecular weight is 212 g/mol. The van der Waals surface area contributed by atoms with Crippen molar-refractivity contribution < 1.29 is 0 Å². The molecule has 2 aromatic rings. The van der Waals surface area contributed by atoms with Gasteiger partial charge in [-0.3, -0.25) is 0 Å². The van der Waals surface area contributed by atoms with E-state index in [1.54, 1.807) is 6.20 Å². The lowest BCUT2D eigenvalue weighted by molar-refractivity contribution is 0.877. The Morgan fingerprint density at radius 1 is 1.12 bits per heavy atom. The Hall–Kier alpha value is -1.77. The van der Waals surface area contributed by atoms with Crippen LogP contribution in [0.1, 0.15) is 6.42 Å². The van der Waals surface area contributed by atoms with Gasteiger partial charge in [0.25, 0.3) is 0 Å². The normalized spacial score (nSPS) is 15.6. The van der Waals surface area contributed by atoms with Crippen LogP contribution in [-0.4, -0.2) is 22.9 Å². The van der Waals surface area contributed by atoms with Crippen molar-refractivity contribution in [2.45, 2.75) is 6.42 Å². The minimum absolute atomic E-state index is 1.06. The predicted octanol–water partition coefficient (Wildman–Crippen LogP) is 2.29. The zero-order valence-corrected chi connectivity index (χ0v) is 9.08.